The van der Waals surface area contributed by atoms with Gasteiger partial charge >= 0.3 is 0 Å². The molecule has 1 fully saturated rings. The molecule has 2 aromatic rings. The fourth-order valence-corrected chi connectivity index (χ4v) is 3.26. The van der Waals surface area contributed by atoms with Crippen LogP contribution in [0.3, 0.4) is 0 Å². The maximum Gasteiger partial charge on any atom is 0.167 e. The smallest absolute Gasteiger partial charge is 0.167 e. The highest BCUT2D eigenvalue weighted by Crippen LogP contribution is 2.35. The molecule has 2 aromatic carbocycles. The molecule has 0 aromatic heterocycles. The van der Waals surface area contributed by atoms with Gasteiger partial charge in [-0.05, 0) is 37.5 Å². The topological polar surface area (TPSA) is 18.5 Å². The molecule has 0 N–H and O–H groups in total. The van der Waals surface area contributed by atoms with Crippen LogP contribution in [0.2, 0.25) is 0 Å². The third-order valence-corrected chi connectivity index (χ3v) is 4.67. The van der Waals surface area contributed by atoms with Crippen LogP contribution >= 0.6 is 0 Å². The van der Waals surface area contributed by atoms with Gasteiger partial charge in [0.05, 0.1) is 19.3 Å². The number of halogens is 3. The van der Waals surface area contributed by atoms with Crippen molar-refractivity contribution in [1.29, 1.82) is 0 Å². The van der Waals surface area contributed by atoms with Crippen molar-refractivity contribution in [2.45, 2.75) is 31.8 Å². The Morgan fingerprint density at radius 2 is 1.88 bits per heavy atom. The zero-order chi connectivity index (χ0) is 18.7. The minimum absolute atomic E-state index is 0.00280. The van der Waals surface area contributed by atoms with E-state index >= 15 is 0 Å². The van der Waals surface area contributed by atoms with Crippen LogP contribution in [0.5, 0.6) is 5.75 Å². The van der Waals surface area contributed by atoms with Crippen molar-refractivity contribution in [2.24, 2.45) is 0 Å². The summed E-state index contributed by atoms with van der Waals surface area (Å²) in [5, 5.41) is 0. The standard InChI is InChI=1S/C21H21F3O2/c1-3-14-6-5-13(12-26-14)16-9-10-18(21(24)20(16)23)17-8-7-15(25-4-2)11-19(17)22/h3,7-11,13-14H,1,4-6,12H2,2H3. The van der Waals surface area contributed by atoms with Gasteiger partial charge in [-0.15, -0.1) is 6.58 Å². The van der Waals surface area contributed by atoms with E-state index in [4.69, 9.17) is 9.47 Å². The van der Waals surface area contributed by atoms with Crippen LogP contribution in [-0.2, 0) is 4.74 Å². The van der Waals surface area contributed by atoms with Crippen LogP contribution in [0.15, 0.2) is 43.0 Å². The summed E-state index contributed by atoms with van der Waals surface area (Å²) in [6, 6.07) is 7.06. The lowest BCUT2D eigenvalue weighted by molar-refractivity contribution is 0.0320. The first kappa shape index (κ1) is 18.5. The molecule has 1 aliphatic heterocycles. The molecule has 0 amide bonds. The molecule has 2 nitrogen and oxygen atoms in total. The Morgan fingerprint density at radius 1 is 1.12 bits per heavy atom. The van der Waals surface area contributed by atoms with E-state index in [2.05, 4.69) is 6.58 Å². The van der Waals surface area contributed by atoms with Crippen LogP contribution in [0, 0.1) is 17.5 Å². The van der Waals surface area contributed by atoms with Gasteiger partial charge in [0.1, 0.15) is 11.6 Å². The SMILES string of the molecule is C=CC1CCC(c2ccc(-c3ccc(OCC)cc3F)c(F)c2F)CO1. The average Bonchev–Trinajstić information content (AvgIpc) is 2.65. The van der Waals surface area contributed by atoms with Gasteiger partial charge in [-0.25, -0.2) is 13.2 Å². The summed E-state index contributed by atoms with van der Waals surface area (Å²) in [7, 11) is 0. The van der Waals surface area contributed by atoms with Crippen LogP contribution in [0.25, 0.3) is 11.1 Å². The van der Waals surface area contributed by atoms with Crippen LogP contribution in [0.4, 0.5) is 13.2 Å². The lowest BCUT2D eigenvalue weighted by atomic mass is 9.89. The maximum absolute atomic E-state index is 14.6. The van der Waals surface area contributed by atoms with Gasteiger partial charge < -0.3 is 9.47 Å². The monoisotopic (exact) mass is 362 g/mol. The molecule has 138 valence electrons. The molecule has 0 saturated carbocycles. The van der Waals surface area contributed by atoms with E-state index in [1.54, 1.807) is 13.0 Å². The Bertz CT molecular complexity index is 796. The zero-order valence-corrected chi connectivity index (χ0v) is 14.6. The van der Waals surface area contributed by atoms with Crippen molar-refractivity contribution in [3.63, 3.8) is 0 Å². The summed E-state index contributed by atoms with van der Waals surface area (Å²) in [5.41, 5.74) is 0.163. The Labute approximate surface area is 151 Å². The minimum atomic E-state index is -1.04. The van der Waals surface area contributed by atoms with Crippen LogP contribution in [-0.4, -0.2) is 19.3 Å². The summed E-state index contributed by atoms with van der Waals surface area (Å²) in [5.74, 6) is -2.52. The highest BCUT2D eigenvalue weighted by Gasteiger charge is 2.26. The van der Waals surface area contributed by atoms with E-state index in [1.807, 2.05) is 0 Å². The zero-order valence-electron chi connectivity index (χ0n) is 14.6. The van der Waals surface area contributed by atoms with Gasteiger partial charge in [-0.1, -0.05) is 18.2 Å². The minimum Gasteiger partial charge on any atom is -0.494 e. The summed E-state index contributed by atoms with van der Waals surface area (Å²) < 4.78 is 54.4. The van der Waals surface area contributed by atoms with E-state index in [9.17, 15) is 13.2 Å². The van der Waals surface area contributed by atoms with E-state index in [0.29, 0.717) is 31.8 Å². The Kier molecular flexibility index (Phi) is 5.67. The second-order valence-corrected chi connectivity index (χ2v) is 6.29. The fourth-order valence-electron chi connectivity index (χ4n) is 3.26. The Morgan fingerprint density at radius 3 is 2.50 bits per heavy atom. The van der Waals surface area contributed by atoms with E-state index < -0.39 is 17.5 Å². The van der Waals surface area contributed by atoms with Crippen LogP contribution < -0.4 is 4.74 Å². The number of hydrogen-bond donors (Lipinski definition) is 0. The molecule has 2 atom stereocenters. The highest BCUT2D eigenvalue weighted by atomic mass is 19.2. The number of hydrogen-bond acceptors (Lipinski definition) is 2. The molecule has 0 bridgehead atoms. The van der Waals surface area contributed by atoms with Gasteiger partial charge in [0, 0.05) is 23.1 Å². The third kappa shape index (κ3) is 3.63. The first-order chi connectivity index (χ1) is 12.5. The van der Waals surface area contributed by atoms with Gasteiger partial charge in [0.2, 0.25) is 0 Å². The van der Waals surface area contributed by atoms with E-state index in [0.717, 1.165) is 0 Å². The molecule has 0 radical (unpaired) electrons. The Balaban J connectivity index is 1.89. The van der Waals surface area contributed by atoms with Gasteiger partial charge in [0.15, 0.2) is 11.6 Å². The van der Waals surface area contributed by atoms with Crippen molar-refractivity contribution in [2.75, 3.05) is 13.2 Å². The molecule has 3 rings (SSSR count). The first-order valence-electron chi connectivity index (χ1n) is 8.69. The summed E-state index contributed by atoms with van der Waals surface area (Å²) in [6.45, 7) is 6.17. The van der Waals surface area contributed by atoms with Crippen molar-refractivity contribution in [1.82, 2.24) is 0 Å². The molecular formula is C21H21F3O2. The average molecular weight is 362 g/mol. The number of benzene rings is 2. The normalized spacial score (nSPS) is 20.0. The number of ether oxygens (including phenoxy) is 2. The lowest BCUT2D eigenvalue weighted by Crippen LogP contribution is -2.23. The van der Waals surface area contributed by atoms with E-state index in [1.165, 1.54) is 30.3 Å². The molecule has 1 aliphatic rings. The van der Waals surface area contributed by atoms with Crippen molar-refractivity contribution in [3.8, 4) is 16.9 Å². The quantitative estimate of drug-likeness (QED) is 0.643. The molecule has 1 saturated heterocycles. The Hall–Kier alpha value is -2.27. The highest BCUT2D eigenvalue weighted by molar-refractivity contribution is 5.66. The lowest BCUT2D eigenvalue weighted by Gasteiger charge is -2.28. The summed E-state index contributed by atoms with van der Waals surface area (Å²) in [4.78, 5) is 0. The summed E-state index contributed by atoms with van der Waals surface area (Å²) >= 11 is 0. The van der Waals surface area contributed by atoms with Gasteiger partial charge in [-0.3, -0.25) is 0 Å². The van der Waals surface area contributed by atoms with Gasteiger partial charge in [-0.2, -0.15) is 0 Å². The first-order valence-corrected chi connectivity index (χ1v) is 8.69. The van der Waals surface area contributed by atoms with E-state index in [-0.39, 0.29) is 28.7 Å². The molecular weight excluding hydrogens is 341 g/mol. The number of rotatable bonds is 5. The molecule has 0 aliphatic carbocycles. The fraction of sp³-hybridized carbons (Fsp3) is 0.333. The molecule has 26 heavy (non-hydrogen) atoms. The predicted octanol–water partition coefficient (Wildman–Crippen LogP) is 5.62. The van der Waals surface area contributed by atoms with Gasteiger partial charge in [0.25, 0.3) is 0 Å². The molecule has 5 heteroatoms. The maximum atomic E-state index is 14.6. The second-order valence-electron chi connectivity index (χ2n) is 6.29. The van der Waals surface area contributed by atoms with Crippen molar-refractivity contribution in [3.05, 3.63) is 66.0 Å². The predicted molar refractivity (Wildman–Crippen MR) is 94.8 cm³/mol. The largest absolute Gasteiger partial charge is 0.494 e. The van der Waals surface area contributed by atoms with Crippen LogP contribution in [0.1, 0.15) is 31.2 Å². The van der Waals surface area contributed by atoms with Crippen molar-refractivity contribution >= 4 is 0 Å². The summed E-state index contributed by atoms with van der Waals surface area (Å²) in [6.07, 6.45) is 3.07. The molecule has 0 spiro atoms. The molecule has 2 unspecified atom stereocenters. The third-order valence-electron chi connectivity index (χ3n) is 4.67. The molecule has 1 heterocycles. The second kappa shape index (κ2) is 7.96. The van der Waals surface area contributed by atoms with Crippen molar-refractivity contribution < 1.29 is 22.6 Å².